The summed E-state index contributed by atoms with van der Waals surface area (Å²) in [5.41, 5.74) is 1.67. The summed E-state index contributed by atoms with van der Waals surface area (Å²) in [6.07, 6.45) is 1.81. The normalized spacial score (nSPS) is 14.7. The lowest BCUT2D eigenvalue weighted by Crippen LogP contribution is -2.25. The standard InChI is InChI=1S/C15H17N3O3S2/c1-9-14(22-15(16-9)17-10(2)19)11-3-7-13(8-4-11)23(20,21)18-12-5-6-12/h3-4,7-8,12,18H,5-6H2,1-2H3,(H,16,17,19). The number of anilines is 1. The Hall–Kier alpha value is -1.77. The highest BCUT2D eigenvalue weighted by Gasteiger charge is 2.27. The Morgan fingerprint density at radius 1 is 1.26 bits per heavy atom. The van der Waals surface area contributed by atoms with Crippen LogP contribution < -0.4 is 10.0 Å². The highest BCUT2D eigenvalue weighted by atomic mass is 32.2. The van der Waals surface area contributed by atoms with Gasteiger partial charge in [-0.25, -0.2) is 18.1 Å². The van der Waals surface area contributed by atoms with E-state index in [4.69, 9.17) is 0 Å². The Kier molecular flexibility index (Phi) is 4.22. The largest absolute Gasteiger partial charge is 0.302 e. The van der Waals surface area contributed by atoms with Crippen molar-refractivity contribution in [2.45, 2.75) is 37.6 Å². The van der Waals surface area contributed by atoms with Gasteiger partial charge in [-0.15, -0.1) is 0 Å². The number of aromatic nitrogens is 1. The molecular weight excluding hydrogens is 334 g/mol. The molecule has 1 heterocycles. The number of carbonyl (C=O) groups excluding carboxylic acids is 1. The van der Waals surface area contributed by atoms with Crippen molar-refractivity contribution in [2.75, 3.05) is 5.32 Å². The van der Waals surface area contributed by atoms with Gasteiger partial charge < -0.3 is 5.32 Å². The summed E-state index contributed by atoms with van der Waals surface area (Å²) < 4.78 is 27.0. The van der Waals surface area contributed by atoms with E-state index >= 15 is 0 Å². The molecule has 2 N–H and O–H groups in total. The molecule has 0 aliphatic heterocycles. The molecule has 0 unspecified atom stereocenters. The molecule has 3 rings (SSSR count). The van der Waals surface area contributed by atoms with Crippen molar-refractivity contribution in [3.8, 4) is 10.4 Å². The fourth-order valence-electron chi connectivity index (χ4n) is 2.14. The molecule has 1 aliphatic rings. The van der Waals surface area contributed by atoms with Gasteiger partial charge in [0.25, 0.3) is 0 Å². The maximum atomic E-state index is 12.2. The molecular formula is C15H17N3O3S2. The lowest BCUT2D eigenvalue weighted by molar-refractivity contribution is -0.114. The summed E-state index contributed by atoms with van der Waals surface area (Å²) in [5, 5.41) is 3.20. The molecule has 0 bridgehead atoms. The first-order valence-electron chi connectivity index (χ1n) is 7.23. The maximum absolute atomic E-state index is 12.2. The second-order valence-electron chi connectivity index (χ2n) is 5.53. The summed E-state index contributed by atoms with van der Waals surface area (Å²) in [6, 6.07) is 6.80. The Labute approximate surface area is 139 Å². The zero-order valence-corrected chi connectivity index (χ0v) is 14.4. The van der Waals surface area contributed by atoms with Gasteiger partial charge >= 0.3 is 0 Å². The molecule has 122 valence electrons. The van der Waals surface area contributed by atoms with E-state index in [9.17, 15) is 13.2 Å². The summed E-state index contributed by atoms with van der Waals surface area (Å²) in [6.45, 7) is 3.29. The van der Waals surface area contributed by atoms with Crippen molar-refractivity contribution in [1.82, 2.24) is 9.71 Å². The van der Waals surface area contributed by atoms with Gasteiger partial charge in [0, 0.05) is 13.0 Å². The van der Waals surface area contributed by atoms with E-state index in [1.54, 1.807) is 24.3 Å². The monoisotopic (exact) mass is 351 g/mol. The summed E-state index contributed by atoms with van der Waals surface area (Å²) >= 11 is 1.37. The summed E-state index contributed by atoms with van der Waals surface area (Å²) in [7, 11) is -3.44. The number of nitrogens with one attached hydrogen (secondary N) is 2. The lowest BCUT2D eigenvalue weighted by Gasteiger charge is -2.06. The van der Waals surface area contributed by atoms with Crippen LogP contribution in [0.25, 0.3) is 10.4 Å². The van der Waals surface area contributed by atoms with Crippen molar-refractivity contribution in [1.29, 1.82) is 0 Å². The molecule has 0 radical (unpaired) electrons. The van der Waals surface area contributed by atoms with E-state index in [1.807, 2.05) is 6.92 Å². The zero-order valence-electron chi connectivity index (χ0n) is 12.8. The SMILES string of the molecule is CC(=O)Nc1nc(C)c(-c2ccc(S(=O)(=O)NC3CC3)cc2)s1. The molecule has 0 spiro atoms. The van der Waals surface area contributed by atoms with Gasteiger partial charge in [-0.05, 0) is 37.5 Å². The van der Waals surface area contributed by atoms with Crippen molar-refractivity contribution in [3.63, 3.8) is 0 Å². The highest BCUT2D eigenvalue weighted by Crippen LogP contribution is 2.33. The third-order valence-corrected chi connectivity index (χ3v) is 6.06. The van der Waals surface area contributed by atoms with Gasteiger partial charge in [0.1, 0.15) is 0 Å². The van der Waals surface area contributed by atoms with Crippen molar-refractivity contribution in [3.05, 3.63) is 30.0 Å². The van der Waals surface area contributed by atoms with E-state index in [0.29, 0.717) is 5.13 Å². The Balaban J connectivity index is 1.84. The molecule has 2 aromatic rings. The first-order valence-corrected chi connectivity index (χ1v) is 9.53. The van der Waals surface area contributed by atoms with Crippen LogP contribution in [0.3, 0.4) is 0 Å². The average molecular weight is 351 g/mol. The molecule has 8 heteroatoms. The third kappa shape index (κ3) is 3.77. The van der Waals surface area contributed by atoms with Gasteiger partial charge in [-0.1, -0.05) is 23.5 Å². The predicted octanol–water partition coefficient (Wildman–Crippen LogP) is 2.52. The number of aryl methyl sites for hydroxylation is 1. The number of thiazole rings is 1. The van der Waals surface area contributed by atoms with Crippen LogP contribution in [0.1, 0.15) is 25.5 Å². The van der Waals surface area contributed by atoms with Gasteiger partial charge in [-0.3, -0.25) is 4.79 Å². The highest BCUT2D eigenvalue weighted by molar-refractivity contribution is 7.89. The molecule has 1 aromatic carbocycles. The molecule has 1 aromatic heterocycles. The molecule has 6 nitrogen and oxygen atoms in total. The van der Waals surface area contributed by atoms with Crippen molar-refractivity contribution in [2.24, 2.45) is 0 Å². The molecule has 1 saturated carbocycles. The molecule has 1 amide bonds. The Bertz CT molecular complexity index is 837. The molecule has 1 fully saturated rings. The first-order chi connectivity index (χ1) is 10.8. The Morgan fingerprint density at radius 3 is 2.48 bits per heavy atom. The van der Waals surface area contributed by atoms with E-state index in [0.717, 1.165) is 29.0 Å². The number of sulfonamides is 1. The van der Waals surface area contributed by atoms with E-state index in [-0.39, 0.29) is 16.8 Å². The van der Waals surface area contributed by atoms with Crippen LogP contribution in [-0.2, 0) is 14.8 Å². The Morgan fingerprint density at radius 2 is 1.91 bits per heavy atom. The van der Waals surface area contributed by atoms with Crippen LogP contribution in [0.4, 0.5) is 5.13 Å². The molecule has 1 aliphatic carbocycles. The van der Waals surface area contributed by atoms with Gasteiger partial charge in [0.05, 0.1) is 15.5 Å². The number of hydrogen-bond acceptors (Lipinski definition) is 5. The molecule has 0 atom stereocenters. The number of benzene rings is 1. The second-order valence-corrected chi connectivity index (χ2v) is 8.25. The van der Waals surface area contributed by atoms with Gasteiger partial charge in [-0.2, -0.15) is 0 Å². The molecule has 0 saturated heterocycles. The second kappa shape index (κ2) is 6.03. The number of rotatable bonds is 5. The minimum atomic E-state index is -3.44. The minimum absolute atomic E-state index is 0.0867. The van der Waals surface area contributed by atoms with Crippen LogP contribution in [0.15, 0.2) is 29.2 Å². The van der Waals surface area contributed by atoms with Crippen LogP contribution in [0.5, 0.6) is 0 Å². The summed E-state index contributed by atoms with van der Waals surface area (Å²) in [5.74, 6) is -0.169. The topological polar surface area (TPSA) is 88.2 Å². The third-order valence-electron chi connectivity index (χ3n) is 3.41. The predicted molar refractivity (Wildman–Crippen MR) is 89.9 cm³/mol. The van der Waals surface area contributed by atoms with E-state index < -0.39 is 10.0 Å². The molecule has 23 heavy (non-hydrogen) atoms. The fraction of sp³-hybridized carbons (Fsp3) is 0.333. The summed E-state index contributed by atoms with van der Waals surface area (Å²) in [4.78, 5) is 16.6. The maximum Gasteiger partial charge on any atom is 0.240 e. The zero-order chi connectivity index (χ0) is 16.6. The smallest absolute Gasteiger partial charge is 0.240 e. The van der Waals surface area contributed by atoms with Crippen LogP contribution in [0, 0.1) is 6.92 Å². The van der Waals surface area contributed by atoms with Crippen LogP contribution >= 0.6 is 11.3 Å². The minimum Gasteiger partial charge on any atom is -0.302 e. The number of amides is 1. The van der Waals surface area contributed by atoms with Crippen LogP contribution in [-0.4, -0.2) is 25.4 Å². The van der Waals surface area contributed by atoms with E-state index in [2.05, 4.69) is 15.0 Å². The van der Waals surface area contributed by atoms with E-state index in [1.165, 1.54) is 18.3 Å². The number of nitrogens with zero attached hydrogens (tertiary/aromatic N) is 1. The fourth-order valence-corrected chi connectivity index (χ4v) is 4.47. The van der Waals surface area contributed by atoms with Crippen molar-refractivity contribution < 1.29 is 13.2 Å². The number of carbonyl (C=O) groups is 1. The first kappa shape index (κ1) is 16.1. The van der Waals surface area contributed by atoms with Crippen LogP contribution in [0.2, 0.25) is 0 Å². The lowest BCUT2D eigenvalue weighted by atomic mass is 10.2. The van der Waals surface area contributed by atoms with Crippen molar-refractivity contribution >= 4 is 32.4 Å². The quantitative estimate of drug-likeness (QED) is 0.866. The average Bonchev–Trinajstić information content (AvgIpc) is 3.20. The van der Waals surface area contributed by atoms with Gasteiger partial charge in [0.15, 0.2) is 5.13 Å². The van der Waals surface area contributed by atoms with Gasteiger partial charge in [0.2, 0.25) is 15.9 Å². The number of hydrogen-bond donors (Lipinski definition) is 2.